The average Bonchev–Trinajstić information content (AvgIpc) is 2.64. The van der Waals surface area contributed by atoms with Crippen molar-refractivity contribution in [2.45, 2.75) is 130 Å². The molecule has 0 amide bonds. The van der Waals surface area contributed by atoms with Crippen molar-refractivity contribution in [3.8, 4) is 0 Å². The third-order valence-electron chi connectivity index (χ3n) is 5.53. The topological polar surface area (TPSA) is 26.3 Å². The molecule has 2 unspecified atom stereocenters. The maximum Gasteiger partial charge on any atom is 0.308 e. The molecule has 0 aliphatic rings. The molecule has 0 radical (unpaired) electrons. The van der Waals surface area contributed by atoms with E-state index in [0.717, 1.165) is 31.6 Å². The van der Waals surface area contributed by atoms with Crippen LogP contribution in [-0.2, 0) is 9.53 Å². The van der Waals surface area contributed by atoms with Crippen LogP contribution in [0.5, 0.6) is 0 Å². The molecular weight excluding hydrogens is 320 g/mol. The average molecular weight is 369 g/mol. The molecule has 156 valence electrons. The van der Waals surface area contributed by atoms with Gasteiger partial charge in [-0.05, 0) is 18.8 Å². The zero-order chi connectivity index (χ0) is 19.5. The minimum atomic E-state index is 0.00228. The van der Waals surface area contributed by atoms with Crippen molar-refractivity contribution in [2.75, 3.05) is 6.61 Å². The van der Waals surface area contributed by atoms with Crippen molar-refractivity contribution in [1.29, 1.82) is 0 Å². The molecule has 2 heteroatoms. The number of rotatable bonds is 19. The SMILES string of the molecule is CCCCC(C)CCCCCCCCCCCOC(=O)C(C)CCCC. The van der Waals surface area contributed by atoms with Gasteiger partial charge >= 0.3 is 5.97 Å². The van der Waals surface area contributed by atoms with Crippen LogP contribution >= 0.6 is 0 Å². The number of hydrogen-bond donors (Lipinski definition) is 0. The van der Waals surface area contributed by atoms with Crippen molar-refractivity contribution in [2.24, 2.45) is 11.8 Å². The quantitative estimate of drug-likeness (QED) is 0.170. The van der Waals surface area contributed by atoms with Crippen LogP contribution in [0.3, 0.4) is 0 Å². The van der Waals surface area contributed by atoms with Gasteiger partial charge in [0.2, 0.25) is 0 Å². The zero-order valence-electron chi connectivity index (χ0n) is 18.5. The van der Waals surface area contributed by atoms with E-state index in [-0.39, 0.29) is 11.9 Å². The maximum absolute atomic E-state index is 11.8. The molecule has 0 heterocycles. The second-order valence-electron chi connectivity index (χ2n) is 8.43. The van der Waals surface area contributed by atoms with Gasteiger partial charge in [-0.3, -0.25) is 4.79 Å². The second kappa shape index (κ2) is 19.2. The van der Waals surface area contributed by atoms with Gasteiger partial charge in [-0.15, -0.1) is 0 Å². The number of ether oxygens (including phenoxy) is 1. The molecule has 0 saturated carbocycles. The van der Waals surface area contributed by atoms with Crippen LogP contribution < -0.4 is 0 Å². The molecule has 26 heavy (non-hydrogen) atoms. The molecule has 0 spiro atoms. The Hall–Kier alpha value is -0.530. The summed E-state index contributed by atoms with van der Waals surface area (Å²) in [5, 5.41) is 0. The van der Waals surface area contributed by atoms with Crippen LogP contribution in [0.2, 0.25) is 0 Å². The molecule has 0 rings (SSSR count). The Morgan fingerprint density at radius 1 is 0.654 bits per heavy atom. The molecule has 2 nitrogen and oxygen atoms in total. The second-order valence-corrected chi connectivity index (χ2v) is 8.43. The molecular formula is C24H48O2. The normalized spacial score (nSPS) is 13.5. The van der Waals surface area contributed by atoms with E-state index in [2.05, 4.69) is 20.8 Å². The van der Waals surface area contributed by atoms with Crippen molar-refractivity contribution in [3.05, 3.63) is 0 Å². The van der Waals surface area contributed by atoms with E-state index in [1.165, 1.54) is 77.0 Å². The van der Waals surface area contributed by atoms with Crippen molar-refractivity contribution >= 4 is 5.97 Å². The maximum atomic E-state index is 11.8. The van der Waals surface area contributed by atoms with Crippen LogP contribution in [0.15, 0.2) is 0 Å². The molecule has 0 aromatic heterocycles. The molecule has 0 aromatic carbocycles. The third-order valence-corrected chi connectivity index (χ3v) is 5.53. The lowest BCUT2D eigenvalue weighted by molar-refractivity contribution is -0.148. The van der Waals surface area contributed by atoms with E-state index in [1.807, 2.05) is 6.92 Å². The molecule has 0 aliphatic carbocycles. The van der Waals surface area contributed by atoms with Crippen LogP contribution in [0.1, 0.15) is 130 Å². The Morgan fingerprint density at radius 3 is 1.69 bits per heavy atom. The number of unbranched alkanes of at least 4 members (excludes halogenated alkanes) is 10. The van der Waals surface area contributed by atoms with E-state index in [4.69, 9.17) is 4.74 Å². The van der Waals surface area contributed by atoms with Crippen LogP contribution in [0.4, 0.5) is 0 Å². The summed E-state index contributed by atoms with van der Waals surface area (Å²) in [6, 6.07) is 0. The Bertz CT molecular complexity index is 301. The first kappa shape index (κ1) is 25.5. The number of carbonyl (C=O) groups is 1. The highest BCUT2D eigenvalue weighted by atomic mass is 16.5. The van der Waals surface area contributed by atoms with E-state index in [9.17, 15) is 4.79 Å². The van der Waals surface area contributed by atoms with Gasteiger partial charge in [0.05, 0.1) is 12.5 Å². The number of esters is 1. The Labute approximate surface area is 164 Å². The minimum Gasteiger partial charge on any atom is -0.465 e. The summed E-state index contributed by atoms with van der Waals surface area (Å²) in [4.78, 5) is 11.8. The molecule has 0 bridgehead atoms. The van der Waals surface area contributed by atoms with E-state index in [0.29, 0.717) is 6.61 Å². The van der Waals surface area contributed by atoms with Gasteiger partial charge in [-0.25, -0.2) is 0 Å². The van der Waals surface area contributed by atoms with Gasteiger partial charge < -0.3 is 4.74 Å². The van der Waals surface area contributed by atoms with Gasteiger partial charge in [0, 0.05) is 0 Å². The van der Waals surface area contributed by atoms with Gasteiger partial charge in [0.15, 0.2) is 0 Å². The first-order valence-corrected chi connectivity index (χ1v) is 11.8. The summed E-state index contributed by atoms with van der Waals surface area (Å²) in [6.45, 7) is 9.47. The van der Waals surface area contributed by atoms with E-state index < -0.39 is 0 Å². The first-order valence-electron chi connectivity index (χ1n) is 11.8. The van der Waals surface area contributed by atoms with Gasteiger partial charge in [-0.1, -0.05) is 118 Å². The highest BCUT2D eigenvalue weighted by Gasteiger charge is 2.13. The summed E-state index contributed by atoms with van der Waals surface area (Å²) >= 11 is 0. The third kappa shape index (κ3) is 16.9. The van der Waals surface area contributed by atoms with Gasteiger partial charge in [0.1, 0.15) is 0 Å². The fraction of sp³-hybridized carbons (Fsp3) is 0.958. The standard InChI is InChI=1S/C24H48O2/c1-5-7-18-22(3)19-16-14-12-10-9-11-13-15-17-21-26-24(25)23(4)20-8-6-2/h22-23H,5-21H2,1-4H3. The molecule has 0 aromatic rings. The van der Waals surface area contributed by atoms with Crippen molar-refractivity contribution in [1.82, 2.24) is 0 Å². The minimum absolute atomic E-state index is 0.00228. The fourth-order valence-corrected chi connectivity index (χ4v) is 3.47. The zero-order valence-corrected chi connectivity index (χ0v) is 18.5. The molecule has 0 aliphatic heterocycles. The highest BCUT2D eigenvalue weighted by Crippen LogP contribution is 2.17. The van der Waals surface area contributed by atoms with Crippen LogP contribution in [0, 0.1) is 11.8 Å². The molecule has 2 atom stereocenters. The molecule has 0 saturated heterocycles. The largest absolute Gasteiger partial charge is 0.465 e. The first-order chi connectivity index (χ1) is 12.6. The summed E-state index contributed by atoms with van der Waals surface area (Å²) in [7, 11) is 0. The number of hydrogen-bond acceptors (Lipinski definition) is 2. The van der Waals surface area contributed by atoms with Crippen molar-refractivity contribution in [3.63, 3.8) is 0 Å². The lowest BCUT2D eigenvalue weighted by Crippen LogP contribution is -2.15. The summed E-state index contributed by atoms with van der Waals surface area (Å²) in [5.74, 6) is 1.01. The van der Waals surface area contributed by atoms with E-state index >= 15 is 0 Å². The van der Waals surface area contributed by atoms with Crippen LogP contribution in [0.25, 0.3) is 0 Å². The molecule has 0 N–H and O–H groups in total. The van der Waals surface area contributed by atoms with Gasteiger partial charge in [-0.2, -0.15) is 0 Å². The fourth-order valence-electron chi connectivity index (χ4n) is 3.47. The lowest BCUT2D eigenvalue weighted by atomic mass is 9.97. The smallest absolute Gasteiger partial charge is 0.308 e. The Balaban J connectivity index is 3.25. The van der Waals surface area contributed by atoms with Crippen molar-refractivity contribution < 1.29 is 9.53 Å². The summed E-state index contributed by atoms with van der Waals surface area (Å²) in [5.41, 5.74) is 0. The Kier molecular flexibility index (Phi) is 18.8. The predicted molar refractivity (Wildman–Crippen MR) is 115 cm³/mol. The monoisotopic (exact) mass is 368 g/mol. The summed E-state index contributed by atoms with van der Waals surface area (Å²) in [6.07, 6.45) is 20.7. The van der Waals surface area contributed by atoms with Gasteiger partial charge in [0.25, 0.3) is 0 Å². The summed E-state index contributed by atoms with van der Waals surface area (Å²) < 4.78 is 5.38. The predicted octanol–water partition coefficient (Wildman–Crippen LogP) is 8.08. The Morgan fingerprint density at radius 2 is 1.12 bits per heavy atom. The van der Waals surface area contributed by atoms with E-state index in [1.54, 1.807) is 0 Å². The lowest BCUT2D eigenvalue weighted by Gasteiger charge is -2.11. The molecule has 0 fully saturated rings. The number of carbonyl (C=O) groups excluding carboxylic acids is 1. The highest BCUT2D eigenvalue weighted by molar-refractivity contribution is 5.71. The van der Waals surface area contributed by atoms with Crippen LogP contribution in [-0.4, -0.2) is 12.6 Å².